The van der Waals surface area contributed by atoms with E-state index >= 15 is 0 Å². The maximum atomic E-state index is 11.3. The van der Waals surface area contributed by atoms with Gasteiger partial charge in [0.1, 0.15) is 13.2 Å². The molecule has 5 heteroatoms. The summed E-state index contributed by atoms with van der Waals surface area (Å²) in [6.45, 7) is 2.30. The molecule has 2 rings (SSSR count). The van der Waals surface area contributed by atoms with Crippen LogP contribution >= 0.6 is 0 Å². The van der Waals surface area contributed by atoms with Gasteiger partial charge in [-0.05, 0) is 17.5 Å². The van der Waals surface area contributed by atoms with E-state index in [-0.39, 0.29) is 13.2 Å². The maximum Gasteiger partial charge on any atom is 0.508 e. The quantitative estimate of drug-likeness (QED) is 0.794. The Bertz CT molecular complexity index is 550. The SMILES string of the molecule is CCCC(=O)O.O=C(OCc1ccccc1)OCc1ccccc1. The van der Waals surface area contributed by atoms with E-state index in [1.54, 1.807) is 0 Å². The Balaban J connectivity index is 0.000000413. The summed E-state index contributed by atoms with van der Waals surface area (Å²) in [6, 6.07) is 19.0. The topological polar surface area (TPSA) is 72.8 Å². The lowest BCUT2D eigenvalue weighted by molar-refractivity contribution is -0.137. The Kier molecular flexibility index (Phi) is 9.38. The molecule has 0 heterocycles. The third-order valence-corrected chi connectivity index (χ3v) is 2.86. The van der Waals surface area contributed by atoms with E-state index < -0.39 is 12.1 Å². The Labute approximate surface area is 141 Å². The van der Waals surface area contributed by atoms with Gasteiger partial charge in [-0.2, -0.15) is 0 Å². The lowest BCUT2D eigenvalue weighted by Gasteiger charge is -2.06. The van der Waals surface area contributed by atoms with Crippen LogP contribution < -0.4 is 0 Å². The van der Waals surface area contributed by atoms with Crippen LogP contribution in [0.3, 0.4) is 0 Å². The second kappa shape index (κ2) is 11.7. The molecule has 0 spiro atoms. The number of hydrogen-bond donors (Lipinski definition) is 1. The Morgan fingerprint density at radius 1 is 0.833 bits per heavy atom. The molecule has 0 aliphatic heterocycles. The van der Waals surface area contributed by atoms with Gasteiger partial charge in [-0.15, -0.1) is 0 Å². The molecule has 0 radical (unpaired) electrons. The standard InChI is InChI=1S/C15H14O3.C4H8O2/c16-15(17-11-13-7-3-1-4-8-13)18-12-14-9-5-2-6-10-14;1-2-3-4(5)6/h1-10H,11-12H2;2-3H2,1H3,(H,5,6). The zero-order valence-corrected chi connectivity index (χ0v) is 13.7. The lowest BCUT2D eigenvalue weighted by atomic mass is 10.2. The molecule has 0 aromatic heterocycles. The summed E-state index contributed by atoms with van der Waals surface area (Å²) in [5.41, 5.74) is 1.88. The molecule has 0 atom stereocenters. The number of aliphatic carboxylic acids is 1. The second-order valence-corrected chi connectivity index (χ2v) is 4.94. The van der Waals surface area contributed by atoms with Gasteiger partial charge in [0.2, 0.25) is 0 Å². The molecule has 2 aromatic carbocycles. The van der Waals surface area contributed by atoms with Gasteiger partial charge in [-0.25, -0.2) is 4.79 Å². The van der Waals surface area contributed by atoms with Crippen molar-refractivity contribution < 1.29 is 24.2 Å². The van der Waals surface area contributed by atoms with Gasteiger partial charge in [0.15, 0.2) is 0 Å². The fraction of sp³-hybridized carbons (Fsp3) is 0.263. The summed E-state index contributed by atoms with van der Waals surface area (Å²) in [4.78, 5) is 20.9. The third kappa shape index (κ3) is 9.25. The number of rotatable bonds is 6. The fourth-order valence-corrected chi connectivity index (χ4v) is 1.69. The number of carbonyl (C=O) groups is 2. The predicted molar refractivity (Wildman–Crippen MR) is 90.4 cm³/mol. The molecule has 0 saturated carbocycles. The van der Waals surface area contributed by atoms with Crippen molar-refractivity contribution in [1.29, 1.82) is 0 Å². The number of carbonyl (C=O) groups excluding carboxylic acids is 1. The van der Waals surface area contributed by atoms with Crippen LogP contribution in [0.15, 0.2) is 60.7 Å². The molecule has 5 nitrogen and oxygen atoms in total. The molecule has 0 unspecified atom stereocenters. The highest BCUT2D eigenvalue weighted by Crippen LogP contribution is 2.04. The average Bonchev–Trinajstić information content (AvgIpc) is 2.60. The third-order valence-electron chi connectivity index (χ3n) is 2.86. The minimum Gasteiger partial charge on any atom is -0.481 e. The average molecular weight is 330 g/mol. The zero-order valence-electron chi connectivity index (χ0n) is 13.7. The molecule has 0 amide bonds. The first-order valence-electron chi connectivity index (χ1n) is 7.71. The summed E-state index contributed by atoms with van der Waals surface area (Å²) in [5.74, 6) is -0.711. The first-order chi connectivity index (χ1) is 11.6. The molecular weight excluding hydrogens is 308 g/mol. The first kappa shape index (κ1) is 19.2. The van der Waals surface area contributed by atoms with E-state index in [4.69, 9.17) is 14.6 Å². The highest BCUT2D eigenvalue weighted by Gasteiger charge is 2.04. The van der Waals surface area contributed by atoms with E-state index in [2.05, 4.69) is 0 Å². The molecule has 24 heavy (non-hydrogen) atoms. The molecule has 0 saturated heterocycles. The molecular formula is C19H22O5. The largest absolute Gasteiger partial charge is 0.508 e. The minimum atomic E-state index is -0.711. The number of carboxylic acid groups (broad SMARTS) is 1. The van der Waals surface area contributed by atoms with Crippen molar-refractivity contribution >= 4 is 12.1 Å². The van der Waals surface area contributed by atoms with E-state index in [1.165, 1.54) is 0 Å². The van der Waals surface area contributed by atoms with Crippen LogP contribution in [0.5, 0.6) is 0 Å². The van der Waals surface area contributed by atoms with Crippen molar-refractivity contribution in [1.82, 2.24) is 0 Å². The zero-order chi connectivity index (χ0) is 17.6. The number of benzene rings is 2. The van der Waals surface area contributed by atoms with Crippen LogP contribution in [0, 0.1) is 0 Å². The molecule has 2 aromatic rings. The highest BCUT2D eigenvalue weighted by molar-refractivity contribution is 5.66. The monoisotopic (exact) mass is 330 g/mol. The van der Waals surface area contributed by atoms with Crippen LogP contribution in [-0.4, -0.2) is 17.2 Å². The van der Waals surface area contributed by atoms with Gasteiger partial charge in [0.25, 0.3) is 0 Å². The molecule has 0 bridgehead atoms. The van der Waals surface area contributed by atoms with Crippen LogP contribution in [0.1, 0.15) is 30.9 Å². The van der Waals surface area contributed by atoms with E-state index in [0.29, 0.717) is 6.42 Å². The molecule has 0 fully saturated rings. The van der Waals surface area contributed by atoms with Gasteiger partial charge in [0, 0.05) is 6.42 Å². The van der Waals surface area contributed by atoms with Crippen molar-refractivity contribution in [2.75, 3.05) is 0 Å². The Morgan fingerprint density at radius 2 is 1.25 bits per heavy atom. The van der Waals surface area contributed by atoms with Crippen LogP contribution in [0.4, 0.5) is 4.79 Å². The van der Waals surface area contributed by atoms with E-state index in [9.17, 15) is 9.59 Å². The van der Waals surface area contributed by atoms with Crippen molar-refractivity contribution in [3.05, 3.63) is 71.8 Å². The van der Waals surface area contributed by atoms with Crippen molar-refractivity contribution in [2.45, 2.75) is 33.0 Å². The van der Waals surface area contributed by atoms with Gasteiger partial charge in [-0.1, -0.05) is 67.6 Å². The van der Waals surface area contributed by atoms with Gasteiger partial charge in [-0.3, -0.25) is 4.79 Å². The minimum absolute atomic E-state index is 0.231. The summed E-state index contributed by atoms with van der Waals surface area (Å²) < 4.78 is 9.98. The van der Waals surface area contributed by atoms with Crippen molar-refractivity contribution in [3.63, 3.8) is 0 Å². The van der Waals surface area contributed by atoms with Crippen molar-refractivity contribution in [3.8, 4) is 0 Å². The van der Waals surface area contributed by atoms with Crippen molar-refractivity contribution in [2.24, 2.45) is 0 Å². The normalized spacial score (nSPS) is 9.38. The van der Waals surface area contributed by atoms with Gasteiger partial charge in [0.05, 0.1) is 0 Å². The number of carboxylic acids is 1. The van der Waals surface area contributed by atoms with Crippen LogP contribution in [-0.2, 0) is 27.5 Å². The molecule has 0 aliphatic rings. The molecule has 0 aliphatic carbocycles. The number of hydrogen-bond acceptors (Lipinski definition) is 4. The summed E-state index contributed by atoms with van der Waals surface area (Å²) in [6.07, 6.45) is 0.373. The Morgan fingerprint density at radius 3 is 1.54 bits per heavy atom. The summed E-state index contributed by atoms with van der Waals surface area (Å²) >= 11 is 0. The van der Waals surface area contributed by atoms with Crippen LogP contribution in [0.25, 0.3) is 0 Å². The fourth-order valence-electron chi connectivity index (χ4n) is 1.69. The predicted octanol–water partition coefficient (Wildman–Crippen LogP) is 4.41. The smallest absolute Gasteiger partial charge is 0.481 e. The number of ether oxygens (including phenoxy) is 2. The second-order valence-electron chi connectivity index (χ2n) is 4.94. The maximum absolute atomic E-state index is 11.3. The van der Waals surface area contributed by atoms with Crippen LogP contribution in [0.2, 0.25) is 0 Å². The highest BCUT2D eigenvalue weighted by atomic mass is 16.7. The Hall–Kier alpha value is -2.82. The summed E-state index contributed by atoms with van der Waals surface area (Å²) in [7, 11) is 0. The first-order valence-corrected chi connectivity index (χ1v) is 7.71. The van der Waals surface area contributed by atoms with E-state index in [0.717, 1.165) is 17.5 Å². The van der Waals surface area contributed by atoms with E-state index in [1.807, 2.05) is 67.6 Å². The van der Waals surface area contributed by atoms with Gasteiger partial charge < -0.3 is 14.6 Å². The lowest BCUT2D eigenvalue weighted by Crippen LogP contribution is -2.07. The molecule has 1 N–H and O–H groups in total. The summed E-state index contributed by atoms with van der Waals surface area (Å²) in [5, 5.41) is 7.91. The van der Waals surface area contributed by atoms with Gasteiger partial charge >= 0.3 is 12.1 Å². The molecule has 128 valence electrons.